The van der Waals surface area contributed by atoms with Crippen molar-refractivity contribution >= 4 is 18.6 Å². The molecular weight excluding hydrogens is 372 g/mol. The fraction of sp³-hybridized carbons (Fsp3) is 0.318. The van der Waals surface area contributed by atoms with Crippen LogP contribution in [0.1, 0.15) is 32.4 Å². The van der Waals surface area contributed by atoms with Crippen molar-refractivity contribution < 1.29 is 14.3 Å². The Hall–Kier alpha value is -2.44. The van der Waals surface area contributed by atoms with Crippen LogP contribution in [-0.4, -0.2) is 18.1 Å². The third kappa shape index (κ3) is 5.09. The number of hydrogen-bond acceptors (Lipinski definition) is 6. The lowest BCUT2D eigenvalue weighted by Gasteiger charge is -2.33. The molecule has 0 radical (unpaired) electrons. The van der Waals surface area contributed by atoms with Crippen molar-refractivity contribution in [2.45, 2.75) is 32.3 Å². The van der Waals surface area contributed by atoms with Crippen molar-refractivity contribution in [1.82, 2.24) is 10.6 Å². The quantitative estimate of drug-likeness (QED) is 0.497. The van der Waals surface area contributed by atoms with Gasteiger partial charge in [0, 0.05) is 5.70 Å². The minimum absolute atomic E-state index is 0.271. The monoisotopic (exact) mass is 398 g/mol. The number of hydrogen-bond donors (Lipinski definition) is 3. The first kappa shape index (κ1) is 20.3. The van der Waals surface area contributed by atoms with Gasteiger partial charge in [-0.15, -0.1) is 12.6 Å². The summed E-state index contributed by atoms with van der Waals surface area (Å²) in [7, 11) is 0. The van der Waals surface area contributed by atoms with Crippen LogP contribution in [0.2, 0.25) is 0 Å². The first-order chi connectivity index (χ1) is 13.4. The second-order valence-electron chi connectivity index (χ2n) is 7.17. The Morgan fingerprint density at radius 1 is 1.11 bits per heavy atom. The molecule has 2 aromatic rings. The van der Waals surface area contributed by atoms with Gasteiger partial charge in [0.1, 0.15) is 17.0 Å². The molecule has 28 heavy (non-hydrogen) atoms. The first-order valence-corrected chi connectivity index (χ1v) is 9.87. The van der Waals surface area contributed by atoms with E-state index in [-0.39, 0.29) is 23.4 Å². The van der Waals surface area contributed by atoms with Gasteiger partial charge in [-0.05, 0) is 42.7 Å². The lowest BCUT2D eigenvalue weighted by molar-refractivity contribution is -0.140. The summed E-state index contributed by atoms with van der Waals surface area (Å²) in [6.07, 6.45) is 0. The van der Waals surface area contributed by atoms with E-state index >= 15 is 0 Å². The van der Waals surface area contributed by atoms with Crippen molar-refractivity contribution in [3.8, 4) is 11.5 Å². The van der Waals surface area contributed by atoms with Crippen molar-refractivity contribution in [2.75, 3.05) is 6.61 Å². The molecule has 0 aliphatic carbocycles. The summed E-state index contributed by atoms with van der Waals surface area (Å²) in [5.41, 5.74) is 1.95. The molecule has 2 aromatic carbocycles. The largest absolute Gasteiger partial charge is 0.462 e. The molecule has 6 heteroatoms. The number of para-hydroxylation sites is 1. The third-order valence-corrected chi connectivity index (χ3v) is 4.59. The van der Waals surface area contributed by atoms with E-state index in [1.807, 2.05) is 75.4 Å². The maximum Gasteiger partial charge on any atom is 0.337 e. The number of ether oxygens (including phenoxy) is 2. The summed E-state index contributed by atoms with van der Waals surface area (Å²) in [5.74, 6) is 1.40. The Balaban J connectivity index is 1.88. The molecule has 2 unspecified atom stereocenters. The van der Waals surface area contributed by atoms with Gasteiger partial charge in [0.15, 0.2) is 0 Å². The maximum atomic E-state index is 12.8. The van der Waals surface area contributed by atoms with Gasteiger partial charge in [0.25, 0.3) is 0 Å². The molecular formula is C22H26N2O3S. The number of benzene rings is 2. The Kier molecular flexibility index (Phi) is 6.65. The summed E-state index contributed by atoms with van der Waals surface area (Å²) >= 11 is 4.49. The fourth-order valence-corrected chi connectivity index (χ4v) is 3.36. The zero-order valence-corrected chi connectivity index (χ0v) is 17.2. The topological polar surface area (TPSA) is 59.6 Å². The van der Waals surface area contributed by atoms with Gasteiger partial charge in [0.05, 0.1) is 18.2 Å². The molecule has 0 saturated carbocycles. The van der Waals surface area contributed by atoms with E-state index in [2.05, 4.69) is 23.3 Å². The number of carbonyl (C=O) groups is 1. The highest BCUT2D eigenvalue weighted by Gasteiger charge is 2.32. The van der Waals surface area contributed by atoms with Crippen molar-refractivity contribution in [1.29, 1.82) is 0 Å². The highest BCUT2D eigenvalue weighted by Crippen LogP contribution is 2.32. The molecule has 0 bridgehead atoms. The predicted octanol–water partition coefficient (Wildman–Crippen LogP) is 4.40. The lowest BCUT2D eigenvalue weighted by Crippen LogP contribution is -2.47. The molecule has 0 saturated heterocycles. The zero-order valence-electron chi connectivity index (χ0n) is 16.3. The highest BCUT2D eigenvalue weighted by atomic mass is 32.1. The highest BCUT2D eigenvalue weighted by molar-refractivity contribution is 7.80. The summed E-state index contributed by atoms with van der Waals surface area (Å²) in [4.78, 5) is 12.8. The van der Waals surface area contributed by atoms with Crippen LogP contribution in [0, 0.1) is 5.92 Å². The van der Waals surface area contributed by atoms with Crippen LogP contribution >= 0.6 is 12.6 Å². The normalized spacial score (nSPS) is 19.3. The van der Waals surface area contributed by atoms with E-state index in [1.54, 1.807) is 0 Å². The van der Waals surface area contributed by atoms with Crippen molar-refractivity contribution in [3.63, 3.8) is 0 Å². The van der Waals surface area contributed by atoms with E-state index in [9.17, 15) is 4.79 Å². The molecule has 2 atom stereocenters. The third-order valence-electron chi connectivity index (χ3n) is 4.31. The van der Waals surface area contributed by atoms with Crippen LogP contribution in [0.3, 0.4) is 0 Å². The average molecular weight is 399 g/mol. The molecule has 2 N–H and O–H groups in total. The van der Waals surface area contributed by atoms with Crippen molar-refractivity contribution in [2.24, 2.45) is 5.92 Å². The van der Waals surface area contributed by atoms with Gasteiger partial charge in [-0.3, -0.25) is 5.32 Å². The van der Waals surface area contributed by atoms with Crippen molar-refractivity contribution in [3.05, 3.63) is 71.4 Å². The molecule has 1 aliphatic heterocycles. The summed E-state index contributed by atoms with van der Waals surface area (Å²) in [5, 5.41) is 6.46. The Morgan fingerprint density at radius 3 is 2.54 bits per heavy atom. The van der Waals surface area contributed by atoms with Gasteiger partial charge >= 0.3 is 5.97 Å². The second-order valence-corrected chi connectivity index (χ2v) is 7.68. The number of carbonyl (C=O) groups excluding carboxylic acids is 1. The molecule has 3 rings (SSSR count). The molecule has 0 aromatic heterocycles. The number of rotatable bonds is 6. The second kappa shape index (κ2) is 9.17. The number of esters is 1. The lowest BCUT2D eigenvalue weighted by atomic mass is 9.95. The minimum atomic E-state index is -0.345. The molecule has 5 nitrogen and oxygen atoms in total. The summed E-state index contributed by atoms with van der Waals surface area (Å²) in [6, 6.07) is 16.9. The van der Waals surface area contributed by atoms with Gasteiger partial charge in [0.2, 0.25) is 0 Å². The molecule has 1 heterocycles. The Labute approximate surface area is 171 Å². The van der Waals surface area contributed by atoms with E-state index < -0.39 is 0 Å². The number of nitrogens with one attached hydrogen (secondary N) is 2. The fourth-order valence-electron chi connectivity index (χ4n) is 3.02. The molecule has 1 aliphatic rings. The van der Waals surface area contributed by atoms with Gasteiger partial charge < -0.3 is 14.8 Å². The van der Waals surface area contributed by atoms with E-state index in [1.165, 1.54) is 0 Å². The van der Waals surface area contributed by atoms with Gasteiger partial charge in [-0.1, -0.05) is 44.2 Å². The smallest absolute Gasteiger partial charge is 0.337 e. The Bertz CT molecular complexity index is 852. The van der Waals surface area contributed by atoms with Gasteiger partial charge in [-0.2, -0.15) is 0 Å². The number of thiol groups is 1. The number of allylic oxidation sites excluding steroid dienone is 1. The van der Waals surface area contributed by atoms with Crippen LogP contribution in [0.15, 0.2) is 65.9 Å². The van der Waals surface area contributed by atoms with Crippen LogP contribution in [0.5, 0.6) is 11.5 Å². The molecule has 148 valence electrons. The SMILES string of the molecule is CC1=C(C(=O)OCC(C)C)C(c2cccc(Oc3ccccc3)c2)NC(S)N1. The Morgan fingerprint density at radius 2 is 1.82 bits per heavy atom. The molecule has 0 amide bonds. The molecule has 0 fully saturated rings. The summed E-state index contributed by atoms with van der Waals surface area (Å²) in [6.45, 7) is 6.27. The van der Waals surface area contributed by atoms with Crippen LogP contribution in [0.25, 0.3) is 0 Å². The predicted molar refractivity (Wildman–Crippen MR) is 113 cm³/mol. The minimum Gasteiger partial charge on any atom is -0.462 e. The van der Waals surface area contributed by atoms with Crippen LogP contribution in [-0.2, 0) is 9.53 Å². The molecule has 0 spiro atoms. The summed E-state index contributed by atoms with van der Waals surface area (Å²) < 4.78 is 11.4. The maximum absolute atomic E-state index is 12.8. The van der Waals surface area contributed by atoms with E-state index in [0.29, 0.717) is 17.9 Å². The van der Waals surface area contributed by atoms with Crippen LogP contribution < -0.4 is 15.4 Å². The van der Waals surface area contributed by atoms with E-state index in [4.69, 9.17) is 9.47 Å². The standard InChI is InChI=1S/C22H26N2O3S/c1-14(2)13-26-21(25)19-15(3)23-22(28)24-20(19)16-8-7-11-18(12-16)27-17-9-5-4-6-10-17/h4-12,14,20,22-24,28H,13H2,1-3H3. The van der Waals surface area contributed by atoms with Gasteiger partial charge in [-0.25, -0.2) is 4.79 Å². The zero-order chi connectivity index (χ0) is 20.1. The van der Waals surface area contributed by atoms with Crippen LogP contribution in [0.4, 0.5) is 0 Å². The van der Waals surface area contributed by atoms with E-state index in [0.717, 1.165) is 17.0 Å². The average Bonchev–Trinajstić information content (AvgIpc) is 2.66. The first-order valence-electron chi connectivity index (χ1n) is 9.35.